The number of aryl methyl sites for hydroxylation is 1. The summed E-state index contributed by atoms with van der Waals surface area (Å²) in [6.45, 7) is 7.46. The topological polar surface area (TPSA) is 103 Å². The van der Waals surface area contributed by atoms with Gasteiger partial charge >= 0.3 is 11.8 Å². The number of nitro benzene ring substituents is 1. The molecule has 0 spiro atoms. The zero-order chi connectivity index (χ0) is 20.7. The van der Waals surface area contributed by atoms with Crippen molar-refractivity contribution in [1.29, 1.82) is 0 Å². The van der Waals surface area contributed by atoms with Gasteiger partial charge in [0.25, 0.3) is 0 Å². The van der Waals surface area contributed by atoms with E-state index in [1.807, 2.05) is 20.8 Å². The van der Waals surface area contributed by atoms with Crippen LogP contribution in [-0.4, -0.2) is 29.4 Å². The average Bonchev–Trinajstić information content (AvgIpc) is 2.62. The predicted octanol–water partition coefficient (Wildman–Crippen LogP) is 4.74. The van der Waals surface area contributed by atoms with Gasteiger partial charge in [-0.2, -0.15) is 0 Å². The molecule has 0 heterocycles. The number of carbonyl (C=O) groups excluding carboxylic acids is 1. The highest BCUT2D eigenvalue weighted by molar-refractivity contribution is 5.90. The molecule has 0 saturated heterocycles. The molecule has 0 aromatic heterocycles. The number of rotatable bonds is 6. The average molecular weight is 391 g/mol. The zero-order valence-electron chi connectivity index (χ0n) is 17.0. The lowest BCUT2D eigenvalue weighted by atomic mass is 9.90. The van der Waals surface area contributed by atoms with Crippen LogP contribution in [0.1, 0.15) is 58.4 Å². The van der Waals surface area contributed by atoms with Crippen LogP contribution in [-0.2, 0) is 4.84 Å². The first-order valence-corrected chi connectivity index (χ1v) is 9.59. The molecule has 1 aromatic carbocycles. The third-order valence-electron chi connectivity index (χ3n) is 4.71. The van der Waals surface area contributed by atoms with E-state index in [-0.39, 0.29) is 24.1 Å². The Labute approximate surface area is 165 Å². The van der Waals surface area contributed by atoms with Gasteiger partial charge in [-0.1, -0.05) is 51.3 Å². The van der Waals surface area contributed by atoms with Gasteiger partial charge in [0.2, 0.25) is 0 Å². The highest BCUT2D eigenvalue weighted by atomic mass is 16.7. The molecule has 1 N–H and O–H groups in total. The smallest absolute Gasteiger partial charge is 0.433 e. The van der Waals surface area contributed by atoms with Gasteiger partial charge < -0.3 is 10.1 Å². The molecule has 1 amide bonds. The molecule has 1 aliphatic rings. The van der Waals surface area contributed by atoms with Crippen molar-refractivity contribution >= 4 is 17.5 Å². The lowest BCUT2D eigenvalue weighted by Crippen LogP contribution is -2.36. The van der Waals surface area contributed by atoms with Crippen LogP contribution in [0.4, 0.5) is 10.5 Å². The van der Waals surface area contributed by atoms with Gasteiger partial charge in [-0.05, 0) is 31.4 Å². The monoisotopic (exact) mass is 391 g/mol. The zero-order valence-corrected chi connectivity index (χ0v) is 17.0. The summed E-state index contributed by atoms with van der Waals surface area (Å²) in [7, 11) is 0. The molecular weight excluding hydrogens is 362 g/mol. The van der Waals surface area contributed by atoms with Crippen LogP contribution in [0.15, 0.2) is 23.4 Å². The van der Waals surface area contributed by atoms with Gasteiger partial charge in [0, 0.05) is 17.5 Å². The number of oxime groups is 1. The summed E-state index contributed by atoms with van der Waals surface area (Å²) in [6.07, 6.45) is 4.71. The number of ether oxygens (including phenoxy) is 1. The van der Waals surface area contributed by atoms with E-state index < -0.39 is 16.4 Å². The summed E-state index contributed by atoms with van der Waals surface area (Å²) in [5.74, 6) is 0.152. The third-order valence-corrected chi connectivity index (χ3v) is 4.71. The quantitative estimate of drug-likeness (QED) is 0.326. The molecular formula is C20H29N3O5. The Kier molecular flexibility index (Phi) is 7.37. The number of nitro groups is 1. The molecule has 8 nitrogen and oxygen atoms in total. The fourth-order valence-electron chi connectivity index (χ4n) is 2.95. The maximum atomic E-state index is 12.0. The van der Waals surface area contributed by atoms with Gasteiger partial charge in [0.1, 0.15) is 12.3 Å². The first-order valence-electron chi connectivity index (χ1n) is 9.59. The van der Waals surface area contributed by atoms with Crippen molar-refractivity contribution in [1.82, 2.24) is 5.32 Å². The standard InChI is InChI=1S/C20H29N3O5/c1-14-10-11-17(16(12-14)23(25)26)27-13-18(20(2,3)4)22-28-19(24)21-15-8-6-5-7-9-15/h10-12,15H,5-9,13H2,1-4H3,(H,21,24)/b22-18-. The molecule has 1 aliphatic carbocycles. The first-order chi connectivity index (χ1) is 13.2. The summed E-state index contributed by atoms with van der Waals surface area (Å²) >= 11 is 0. The second kappa shape index (κ2) is 9.52. The lowest BCUT2D eigenvalue weighted by Gasteiger charge is -2.23. The SMILES string of the molecule is Cc1ccc(OC/C(=N/OC(=O)NC2CCCCC2)C(C)(C)C)c([N+](=O)[O-])c1. The number of hydrogen-bond donors (Lipinski definition) is 1. The molecule has 0 atom stereocenters. The number of nitrogens with zero attached hydrogens (tertiary/aromatic N) is 2. The number of nitrogens with one attached hydrogen (secondary N) is 1. The van der Waals surface area contributed by atoms with E-state index in [2.05, 4.69) is 10.5 Å². The van der Waals surface area contributed by atoms with E-state index >= 15 is 0 Å². The molecule has 28 heavy (non-hydrogen) atoms. The van der Waals surface area contributed by atoms with E-state index in [9.17, 15) is 14.9 Å². The Bertz CT molecular complexity index is 734. The van der Waals surface area contributed by atoms with Crippen LogP contribution in [0.3, 0.4) is 0 Å². The second-order valence-corrected chi connectivity index (χ2v) is 8.16. The lowest BCUT2D eigenvalue weighted by molar-refractivity contribution is -0.385. The van der Waals surface area contributed by atoms with Crippen LogP contribution in [0.5, 0.6) is 5.75 Å². The fraction of sp³-hybridized carbons (Fsp3) is 0.600. The normalized spacial score (nSPS) is 15.8. The van der Waals surface area contributed by atoms with Crippen molar-refractivity contribution in [2.45, 2.75) is 65.8 Å². The third kappa shape index (κ3) is 6.51. The van der Waals surface area contributed by atoms with Crippen LogP contribution in [0.25, 0.3) is 0 Å². The van der Waals surface area contributed by atoms with E-state index in [1.54, 1.807) is 19.1 Å². The molecule has 0 radical (unpaired) electrons. The van der Waals surface area contributed by atoms with Crippen LogP contribution in [0, 0.1) is 22.5 Å². The van der Waals surface area contributed by atoms with Gasteiger partial charge in [-0.25, -0.2) is 4.79 Å². The Morgan fingerprint density at radius 1 is 1.29 bits per heavy atom. The maximum Gasteiger partial charge on any atom is 0.433 e. The highest BCUT2D eigenvalue weighted by Gasteiger charge is 2.24. The van der Waals surface area contributed by atoms with Crippen molar-refractivity contribution < 1.29 is 19.3 Å². The highest BCUT2D eigenvalue weighted by Crippen LogP contribution is 2.28. The summed E-state index contributed by atoms with van der Waals surface area (Å²) < 4.78 is 5.64. The molecule has 0 bridgehead atoms. The van der Waals surface area contributed by atoms with Crippen molar-refractivity contribution in [2.75, 3.05) is 6.61 Å². The molecule has 2 rings (SSSR count). The predicted molar refractivity (Wildman–Crippen MR) is 107 cm³/mol. The number of amides is 1. The van der Waals surface area contributed by atoms with E-state index in [4.69, 9.17) is 9.57 Å². The minimum atomic E-state index is -0.588. The number of benzene rings is 1. The Morgan fingerprint density at radius 3 is 2.57 bits per heavy atom. The molecule has 1 fully saturated rings. The van der Waals surface area contributed by atoms with Crippen molar-refractivity contribution in [3.8, 4) is 5.75 Å². The van der Waals surface area contributed by atoms with Crippen LogP contribution < -0.4 is 10.1 Å². The largest absolute Gasteiger partial charge is 0.480 e. The van der Waals surface area contributed by atoms with Crippen molar-refractivity contribution in [3.05, 3.63) is 33.9 Å². The molecule has 0 unspecified atom stereocenters. The first kappa shape index (κ1) is 21.7. The Balaban J connectivity index is 2.03. The fourth-order valence-corrected chi connectivity index (χ4v) is 2.95. The number of carbonyl (C=O) groups is 1. The summed E-state index contributed by atoms with van der Waals surface area (Å²) in [4.78, 5) is 27.8. The van der Waals surface area contributed by atoms with Gasteiger partial charge in [-0.3, -0.25) is 15.0 Å². The molecule has 1 saturated carbocycles. The van der Waals surface area contributed by atoms with E-state index in [0.29, 0.717) is 5.71 Å². The van der Waals surface area contributed by atoms with Crippen molar-refractivity contribution in [3.63, 3.8) is 0 Å². The van der Waals surface area contributed by atoms with Crippen molar-refractivity contribution in [2.24, 2.45) is 10.6 Å². The Hall–Kier alpha value is -2.64. The minimum absolute atomic E-state index is 0.0237. The maximum absolute atomic E-state index is 12.0. The summed E-state index contributed by atoms with van der Waals surface area (Å²) in [5.41, 5.74) is 0.696. The summed E-state index contributed by atoms with van der Waals surface area (Å²) in [6, 6.07) is 4.88. The second-order valence-electron chi connectivity index (χ2n) is 8.16. The molecule has 154 valence electrons. The van der Waals surface area contributed by atoms with Gasteiger partial charge in [-0.15, -0.1) is 0 Å². The van der Waals surface area contributed by atoms with Crippen LogP contribution in [0.2, 0.25) is 0 Å². The van der Waals surface area contributed by atoms with Crippen LogP contribution >= 0.6 is 0 Å². The van der Waals surface area contributed by atoms with Gasteiger partial charge in [0.05, 0.1) is 4.92 Å². The molecule has 0 aliphatic heterocycles. The molecule has 8 heteroatoms. The Morgan fingerprint density at radius 2 is 1.96 bits per heavy atom. The minimum Gasteiger partial charge on any atom is -0.480 e. The van der Waals surface area contributed by atoms with E-state index in [0.717, 1.165) is 31.2 Å². The van der Waals surface area contributed by atoms with E-state index in [1.165, 1.54) is 12.5 Å². The van der Waals surface area contributed by atoms with Gasteiger partial charge in [0.15, 0.2) is 5.75 Å². The molecule has 1 aromatic rings. The number of hydrogen-bond acceptors (Lipinski definition) is 6. The summed E-state index contributed by atoms with van der Waals surface area (Å²) in [5, 5.41) is 18.0.